The van der Waals surface area contributed by atoms with Crippen molar-refractivity contribution >= 4 is 23.6 Å². The smallest absolute Gasteiger partial charge is 0.338 e. The van der Waals surface area contributed by atoms with Gasteiger partial charge in [-0.1, -0.05) is 6.07 Å². The second kappa shape index (κ2) is 11.9. The summed E-state index contributed by atoms with van der Waals surface area (Å²) in [6, 6.07) is 12.6. The van der Waals surface area contributed by atoms with Crippen LogP contribution < -0.4 is 9.64 Å². The number of piperidine rings is 1. The van der Waals surface area contributed by atoms with Crippen molar-refractivity contribution in [3.63, 3.8) is 0 Å². The molecule has 0 saturated carbocycles. The van der Waals surface area contributed by atoms with E-state index in [2.05, 4.69) is 23.7 Å². The molecule has 3 heterocycles. The summed E-state index contributed by atoms with van der Waals surface area (Å²) in [4.78, 5) is 47.6. The summed E-state index contributed by atoms with van der Waals surface area (Å²) in [6.07, 6.45) is 4.91. The maximum Gasteiger partial charge on any atom is 0.338 e. The monoisotopic (exact) mass is 494 g/mol. The van der Waals surface area contributed by atoms with Gasteiger partial charge in [0.2, 0.25) is 0 Å². The summed E-state index contributed by atoms with van der Waals surface area (Å²) in [5.41, 5.74) is 0.319. The first kappa shape index (κ1) is 25.5. The topological polar surface area (TPSA) is 92.3 Å². The van der Waals surface area contributed by atoms with Crippen molar-refractivity contribution in [1.82, 2.24) is 14.8 Å². The molecule has 2 atom stereocenters. The average molecular weight is 495 g/mol. The van der Waals surface area contributed by atoms with Gasteiger partial charge in [0.1, 0.15) is 11.6 Å². The largest absolute Gasteiger partial charge is 0.484 e. The molecule has 2 aliphatic heterocycles. The molecule has 2 fully saturated rings. The van der Waals surface area contributed by atoms with Crippen LogP contribution in [0.5, 0.6) is 5.75 Å². The third-order valence-corrected chi connectivity index (χ3v) is 6.87. The Bertz CT molecular complexity index is 1030. The Morgan fingerprint density at radius 3 is 2.22 bits per heavy atom. The highest BCUT2D eigenvalue weighted by Crippen LogP contribution is 2.23. The van der Waals surface area contributed by atoms with Crippen molar-refractivity contribution in [2.75, 3.05) is 44.3 Å². The number of amides is 2. The van der Waals surface area contributed by atoms with E-state index in [0.29, 0.717) is 37.5 Å². The van der Waals surface area contributed by atoms with Gasteiger partial charge >= 0.3 is 5.97 Å². The van der Waals surface area contributed by atoms with E-state index in [1.54, 1.807) is 35.4 Å². The maximum atomic E-state index is 12.6. The van der Waals surface area contributed by atoms with Gasteiger partial charge in [-0.05, 0) is 69.5 Å². The molecule has 0 bridgehead atoms. The molecule has 1 aromatic carbocycles. The lowest BCUT2D eigenvalue weighted by Crippen LogP contribution is -2.50. The minimum absolute atomic E-state index is 0.0300. The zero-order chi connectivity index (χ0) is 25.5. The molecule has 0 aliphatic carbocycles. The van der Waals surface area contributed by atoms with Gasteiger partial charge in [0, 0.05) is 44.5 Å². The zero-order valence-electron chi connectivity index (χ0n) is 21.0. The van der Waals surface area contributed by atoms with Gasteiger partial charge < -0.3 is 24.2 Å². The van der Waals surface area contributed by atoms with Crippen LogP contribution in [0.2, 0.25) is 0 Å². The van der Waals surface area contributed by atoms with Gasteiger partial charge in [-0.15, -0.1) is 0 Å². The van der Waals surface area contributed by atoms with E-state index in [9.17, 15) is 14.4 Å². The minimum atomic E-state index is -0.575. The molecule has 1 aromatic heterocycles. The Kier molecular flexibility index (Phi) is 8.40. The highest BCUT2D eigenvalue weighted by atomic mass is 16.5. The van der Waals surface area contributed by atoms with E-state index in [1.165, 1.54) is 0 Å². The van der Waals surface area contributed by atoms with Crippen LogP contribution in [0.1, 0.15) is 43.5 Å². The fourth-order valence-corrected chi connectivity index (χ4v) is 4.85. The number of likely N-dealkylation sites (tertiary alicyclic amines) is 1. The van der Waals surface area contributed by atoms with Gasteiger partial charge in [0.25, 0.3) is 11.8 Å². The molecule has 2 aromatic rings. The molecular formula is C27H34N4O5. The number of piperazine rings is 1. The van der Waals surface area contributed by atoms with Gasteiger partial charge in [0.15, 0.2) is 13.2 Å². The molecule has 2 saturated heterocycles. The molecule has 0 N–H and O–H groups in total. The van der Waals surface area contributed by atoms with E-state index in [0.717, 1.165) is 25.1 Å². The summed E-state index contributed by atoms with van der Waals surface area (Å²) < 4.78 is 10.9. The number of carbonyl (C=O) groups is 3. The average Bonchev–Trinajstić information content (AvgIpc) is 2.91. The summed E-state index contributed by atoms with van der Waals surface area (Å²) in [6.45, 7) is 6.25. The number of pyridine rings is 1. The van der Waals surface area contributed by atoms with Crippen molar-refractivity contribution in [3.8, 4) is 5.75 Å². The standard InChI is InChI=1S/C27H34N4O5/c1-20-6-5-7-21(2)31(20)26(33)19-35-23-11-9-22(10-12-23)27(34)36-18-25(32)30-16-14-29(15-17-30)24-8-3-4-13-28-24/h3-4,8-13,20-21H,5-7,14-19H2,1-2H3. The second-order valence-corrected chi connectivity index (χ2v) is 9.37. The van der Waals surface area contributed by atoms with Crippen LogP contribution in [0.3, 0.4) is 0 Å². The number of ether oxygens (including phenoxy) is 2. The number of nitrogens with zero attached hydrogens (tertiary/aromatic N) is 4. The number of benzene rings is 1. The lowest BCUT2D eigenvalue weighted by Gasteiger charge is -2.38. The number of anilines is 1. The van der Waals surface area contributed by atoms with Gasteiger partial charge in [-0.25, -0.2) is 9.78 Å². The number of carbonyl (C=O) groups excluding carboxylic acids is 3. The van der Waals surface area contributed by atoms with Crippen LogP contribution >= 0.6 is 0 Å². The highest BCUT2D eigenvalue weighted by Gasteiger charge is 2.29. The lowest BCUT2D eigenvalue weighted by atomic mass is 9.97. The molecule has 2 amide bonds. The predicted octanol–water partition coefficient (Wildman–Crippen LogP) is 2.76. The van der Waals surface area contributed by atoms with Gasteiger partial charge in [-0.3, -0.25) is 9.59 Å². The van der Waals surface area contributed by atoms with Crippen molar-refractivity contribution < 1.29 is 23.9 Å². The van der Waals surface area contributed by atoms with Crippen LogP contribution in [0.15, 0.2) is 48.7 Å². The predicted molar refractivity (Wildman–Crippen MR) is 135 cm³/mol. The van der Waals surface area contributed by atoms with Crippen LogP contribution in [0.4, 0.5) is 5.82 Å². The first-order valence-electron chi connectivity index (χ1n) is 12.6. The summed E-state index contributed by atoms with van der Waals surface area (Å²) in [5, 5.41) is 0. The van der Waals surface area contributed by atoms with Crippen molar-refractivity contribution in [1.29, 1.82) is 0 Å². The molecule has 9 nitrogen and oxygen atoms in total. The van der Waals surface area contributed by atoms with E-state index in [-0.39, 0.29) is 37.1 Å². The fraction of sp³-hybridized carbons (Fsp3) is 0.481. The number of rotatable bonds is 7. The van der Waals surface area contributed by atoms with Crippen molar-refractivity contribution in [2.24, 2.45) is 0 Å². The fourth-order valence-electron chi connectivity index (χ4n) is 4.85. The van der Waals surface area contributed by atoms with Crippen molar-refractivity contribution in [3.05, 3.63) is 54.2 Å². The Morgan fingerprint density at radius 1 is 0.889 bits per heavy atom. The van der Waals surface area contributed by atoms with Gasteiger partial charge in [-0.2, -0.15) is 0 Å². The molecule has 2 aliphatic rings. The van der Waals surface area contributed by atoms with Crippen LogP contribution in [0.25, 0.3) is 0 Å². The van der Waals surface area contributed by atoms with Crippen LogP contribution in [0, 0.1) is 0 Å². The Morgan fingerprint density at radius 2 is 1.58 bits per heavy atom. The van der Waals surface area contributed by atoms with Gasteiger partial charge in [0.05, 0.1) is 5.56 Å². The second-order valence-electron chi connectivity index (χ2n) is 9.37. The minimum Gasteiger partial charge on any atom is -0.484 e. The molecule has 36 heavy (non-hydrogen) atoms. The number of hydrogen-bond donors (Lipinski definition) is 0. The maximum absolute atomic E-state index is 12.6. The van der Waals surface area contributed by atoms with E-state index < -0.39 is 5.97 Å². The molecule has 2 unspecified atom stereocenters. The number of esters is 1. The number of aromatic nitrogens is 1. The Hall–Kier alpha value is -3.62. The normalized spacial score (nSPS) is 20.1. The molecule has 9 heteroatoms. The van der Waals surface area contributed by atoms with Crippen LogP contribution in [-0.2, 0) is 14.3 Å². The van der Waals surface area contributed by atoms with E-state index in [4.69, 9.17) is 9.47 Å². The molecule has 192 valence electrons. The molecule has 4 rings (SSSR count). The van der Waals surface area contributed by atoms with E-state index in [1.807, 2.05) is 23.1 Å². The summed E-state index contributed by atoms with van der Waals surface area (Å²) in [7, 11) is 0. The quantitative estimate of drug-likeness (QED) is 0.547. The van der Waals surface area contributed by atoms with Crippen LogP contribution in [-0.4, -0.2) is 84.0 Å². The van der Waals surface area contributed by atoms with Crippen molar-refractivity contribution in [2.45, 2.75) is 45.2 Å². The third kappa shape index (κ3) is 6.33. The SMILES string of the molecule is CC1CCCC(C)N1C(=O)COc1ccc(C(=O)OCC(=O)N2CCN(c3ccccn3)CC2)cc1. The van der Waals surface area contributed by atoms with E-state index >= 15 is 0 Å². The first-order valence-corrected chi connectivity index (χ1v) is 12.6. The Labute approximate surface area is 212 Å². The summed E-state index contributed by atoms with van der Waals surface area (Å²) >= 11 is 0. The number of hydrogen-bond acceptors (Lipinski definition) is 7. The molecule has 0 radical (unpaired) electrons. The molecule has 0 spiro atoms. The third-order valence-electron chi connectivity index (χ3n) is 6.87. The highest BCUT2D eigenvalue weighted by molar-refractivity contribution is 5.91. The summed E-state index contributed by atoms with van der Waals surface area (Å²) in [5.74, 6) is 0.567. The zero-order valence-corrected chi connectivity index (χ0v) is 21.0. The molecular weight excluding hydrogens is 460 g/mol. The Balaban J connectivity index is 1.19. The first-order chi connectivity index (χ1) is 17.4. The lowest BCUT2D eigenvalue weighted by molar-refractivity contribution is -0.139.